The number of hydrogen-bond donors (Lipinski definition) is 3. The standard InChI is InChI=1S/C28H37Cl3N2O3/c1-4-8-23(32-19(2)35)9-6-5-7-16-28(3,21-12-15-24(30)25(31)17-21)27(36)33-26(18-34)20-10-13-22(29)14-11-20/h10-15,17,23,26,34H,4-9,16,18H2,1-3H3,(H,32,35)(H,33,36)/t23?,26-,28?/m0/s1. The van der Waals surface area contributed by atoms with Gasteiger partial charge in [0.15, 0.2) is 0 Å². The quantitative estimate of drug-likeness (QED) is 0.219. The van der Waals surface area contributed by atoms with Gasteiger partial charge in [-0.2, -0.15) is 0 Å². The van der Waals surface area contributed by atoms with Gasteiger partial charge in [-0.25, -0.2) is 0 Å². The largest absolute Gasteiger partial charge is 0.394 e. The van der Waals surface area contributed by atoms with E-state index >= 15 is 0 Å². The molecule has 0 fully saturated rings. The summed E-state index contributed by atoms with van der Waals surface area (Å²) in [4.78, 5) is 25.1. The number of aliphatic hydroxyl groups excluding tert-OH is 1. The van der Waals surface area contributed by atoms with Gasteiger partial charge in [0, 0.05) is 18.0 Å². The summed E-state index contributed by atoms with van der Waals surface area (Å²) in [5.41, 5.74) is 0.658. The minimum atomic E-state index is -0.880. The number of rotatable bonds is 14. The molecule has 2 unspecified atom stereocenters. The van der Waals surface area contributed by atoms with E-state index in [1.54, 1.807) is 43.3 Å². The first-order valence-corrected chi connectivity index (χ1v) is 13.6. The van der Waals surface area contributed by atoms with E-state index in [1.165, 1.54) is 0 Å². The maximum atomic E-state index is 13.7. The van der Waals surface area contributed by atoms with Crippen LogP contribution in [0.3, 0.4) is 0 Å². The molecule has 0 saturated heterocycles. The summed E-state index contributed by atoms with van der Waals surface area (Å²) in [6.07, 6.45) is 6.16. The molecule has 3 atom stereocenters. The molecule has 0 aromatic heterocycles. The Morgan fingerprint density at radius 3 is 2.22 bits per heavy atom. The fourth-order valence-electron chi connectivity index (χ4n) is 4.45. The normalized spacial score (nSPS) is 14.5. The molecule has 2 aromatic carbocycles. The predicted octanol–water partition coefficient (Wildman–Crippen LogP) is 7.01. The fourth-order valence-corrected chi connectivity index (χ4v) is 4.87. The van der Waals surface area contributed by atoms with Crippen LogP contribution < -0.4 is 10.6 Å². The molecule has 5 nitrogen and oxygen atoms in total. The van der Waals surface area contributed by atoms with E-state index in [2.05, 4.69) is 17.6 Å². The average Bonchev–Trinajstić information content (AvgIpc) is 2.84. The summed E-state index contributed by atoms with van der Waals surface area (Å²) in [6, 6.07) is 11.9. The Kier molecular flexibility index (Phi) is 12.5. The Morgan fingerprint density at radius 1 is 0.944 bits per heavy atom. The number of hydrogen-bond acceptors (Lipinski definition) is 3. The molecule has 3 N–H and O–H groups in total. The smallest absolute Gasteiger partial charge is 0.230 e. The Labute approximate surface area is 229 Å². The summed E-state index contributed by atoms with van der Waals surface area (Å²) in [5, 5.41) is 17.5. The van der Waals surface area contributed by atoms with Gasteiger partial charge in [0.05, 0.1) is 28.1 Å². The Bertz CT molecular complexity index is 1000. The van der Waals surface area contributed by atoms with E-state index in [-0.39, 0.29) is 24.5 Å². The van der Waals surface area contributed by atoms with Gasteiger partial charge in [0.2, 0.25) is 11.8 Å². The monoisotopic (exact) mass is 554 g/mol. The van der Waals surface area contributed by atoms with E-state index in [4.69, 9.17) is 34.8 Å². The van der Waals surface area contributed by atoms with Crippen LogP contribution in [-0.4, -0.2) is 29.6 Å². The highest BCUT2D eigenvalue weighted by atomic mass is 35.5. The van der Waals surface area contributed by atoms with Crippen molar-refractivity contribution in [3.05, 3.63) is 68.7 Å². The molecule has 0 aliphatic rings. The van der Waals surface area contributed by atoms with Crippen molar-refractivity contribution in [1.82, 2.24) is 10.6 Å². The molecule has 0 heterocycles. The molecular formula is C28H37Cl3N2O3. The van der Waals surface area contributed by atoms with Crippen molar-refractivity contribution in [2.24, 2.45) is 0 Å². The first-order valence-electron chi connectivity index (χ1n) is 12.5. The van der Waals surface area contributed by atoms with Gasteiger partial charge in [-0.15, -0.1) is 0 Å². The van der Waals surface area contributed by atoms with Crippen LogP contribution in [0.5, 0.6) is 0 Å². The van der Waals surface area contributed by atoms with Gasteiger partial charge in [0.1, 0.15) is 0 Å². The average molecular weight is 556 g/mol. The Hall–Kier alpha value is -1.79. The third-order valence-corrected chi connectivity index (χ3v) is 7.58. The van der Waals surface area contributed by atoms with Crippen LogP contribution in [0.15, 0.2) is 42.5 Å². The zero-order valence-corrected chi connectivity index (χ0v) is 23.5. The first-order chi connectivity index (χ1) is 17.1. The third-order valence-electron chi connectivity index (χ3n) is 6.59. The van der Waals surface area contributed by atoms with Crippen molar-refractivity contribution in [2.45, 2.75) is 83.2 Å². The lowest BCUT2D eigenvalue weighted by Gasteiger charge is -2.31. The zero-order chi connectivity index (χ0) is 26.7. The summed E-state index contributed by atoms with van der Waals surface area (Å²) in [7, 11) is 0. The van der Waals surface area contributed by atoms with E-state index in [1.807, 2.05) is 13.0 Å². The lowest BCUT2D eigenvalue weighted by molar-refractivity contribution is -0.127. The van der Waals surface area contributed by atoms with Crippen molar-refractivity contribution in [1.29, 1.82) is 0 Å². The van der Waals surface area contributed by atoms with E-state index < -0.39 is 11.5 Å². The van der Waals surface area contributed by atoms with Gasteiger partial charge in [-0.3, -0.25) is 9.59 Å². The number of amides is 2. The van der Waals surface area contributed by atoms with Gasteiger partial charge >= 0.3 is 0 Å². The number of unbranched alkanes of at least 4 members (excludes halogenated alkanes) is 2. The van der Waals surface area contributed by atoms with E-state index in [0.29, 0.717) is 21.5 Å². The Balaban J connectivity index is 2.15. The lowest BCUT2D eigenvalue weighted by Crippen LogP contribution is -2.44. The second kappa shape index (κ2) is 14.8. The van der Waals surface area contributed by atoms with E-state index in [9.17, 15) is 14.7 Å². The van der Waals surface area contributed by atoms with Crippen molar-refractivity contribution in [2.75, 3.05) is 6.61 Å². The number of carbonyl (C=O) groups excluding carboxylic acids is 2. The zero-order valence-electron chi connectivity index (χ0n) is 21.3. The van der Waals surface area contributed by atoms with Gasteiger partial charge in [-0.1, -0.05) is 85.6 Å². The van der Waals surface area contributed by atoms with Crippen LogP contribution in [0.25, 0.3) is 0 Å². The van der Waals surface area contributed by atoms with Gasteiger partial charge < -0.3 is 15.7 Å². The highest BCUT2D eigenvalue weighted by Gasteiger charge is 2.36. The van der Waals surface area contributed by atoms with Gasteiger partial charge in [-0.05, 0) is 61.6 Å². The number of aliphatic hydroxyl groups is 1. The van der Waals surface area contributed by atoms with Crippen LogP contribution in [0.1, 0.15) is 82.9 Å². The second-order valence-electron chi connectivity index (χ2n) is 9.51. The molecule has 36 heavy (non-hydrogen) atoms. The molecule has 0 aliphatic carbocycles. The molecule has 2 amide bonds. The topological polar surface area (TPSA) is 78.4 Å². The molecule has 0 radical (unpaired) electrons. The molecule has 0 saturated carbocycles. The molecule has 2 rings (SSSR count). The maximum Gasteiger partial charge on any atom is 0.230 e. The minimum absolute atomic E-state index is 0.00330. The lowest BCUT2D eigenvalue weighted by atomic mass is 9.76. The van der Waals surface area contributed by atoms with Crippen molar-refractivity contribution >= 4 is 46.6 Å². The first kappa shape index (κ1) is 30.4. The van der Waals surface area contributed by atoms with Crippen LogP contribution in [0, 0.1) is 0 Å². The van der Waals surface area contributed by atoms with Crippen molar-refractivity contribution in [3.8, 4) is 0 Å². The molecule has 8 heteroatoms. The van der Waals surface area contributed by atoms with Crippen LogP contribution in [0.4, 0.5) is 0 Å². The predicted molar refractivity (Wildman–Crippen MR) is 149 cm³/mol. The van der Waals surface area contributed by atoms with Crippen molar-refractivity contribution in [3.63, 3.8) is 0 Å². The summed E-state index contributed by atoms with van der Waals surface area (Å²) < 4.78 is 0. The summed E-state index contributed by atoms with van der Waals surface area (Å²) in [5.74, 6) is -0.201. The molecule has 0 aliphatic heterocycles. The maximum absolute atomic E-state index is 13.7. The summed E-state index contributed by atoms with van der Waals surface area (Å²) in [6.45, 7) is 5.32. The molecule has 0 bridgehead atoms. The second-order valence-corrected chi connectivity index (χ2v) is 10.8. The number of carbonyl (C=O) groups is 2. The third kappa shape index (κ3) is 8.95. The van der Waals surface area contributed by atoms with Crippen molar-refractivity contribution < 1.29 is 14.7 Å². The van der Waals surface area contributed by atoms with Crippen LogP contribution >= 0.6 is 34.8 Å². The highest BCUT2D eigenvalue weighted by molar-refractivity contribution is 6.42. The fraction of sp³-hybridized carbons (Fsp3) is 0.500. The summed E-state index contributed by atoms with van der Waals surface area (Å²) >= 11 is 18.4. The molecule has 2 aromatic rings. The van der Waals surface area contributed by atoms with Crippen LogP contribution in [-0.2, 0) is 15.0 Å². The molecule has 0 spiro atoms. The SMILES string of the molecule is CCCC(CCCCCC(C)(C(=O)N[C@@H](CO)c1ccc(Cl)cc1)c1ccc(Cl)c(Cl)c1)NC(C)=O. The highest BCUT2D eigenvalue weighted by Crippen LogP contribution is 2.35. The minimum Gasteiger partial charge on any atom is -0.394 e. The number of halogens is 3. The van der Waals surface area contributed by atoms with E-state index in [0.717, 1.165) is 49.7 Å². The molecular weight excluding hydrogens is 519 g/mol. The Morgan fingerprint density at radius 2 is 1.64 bits per heavy atom. The van der Waals surface area contributed by atoms with Gasteiger partial charge in [0.25, 0.3) is 0 Å². The number of benzene rings is 2. The number of nitrogens with one attached hydrogen (secondary N) is 2. The van der Waals surface area contributed by atoms with Crippen LogP contribution in [0.2, 0.25) is 15.1 Å². The molecule has 198 valence electrons.